The van der Waals surface area contributed by atoms with Crippen LogP contribution in [0.4, 0.5) is 5.69 Å². The fraction of sp³-hybridized carbons (Fsp3) is 0.185. The van der Waals surface area contributed by atoms with Gasteiger partial charge in [-0.2, -0.15) is 5.26 Å². The Kier molecular flexibility index (Phi) is 9.90. The van der Waals surface area contributed by atoms with Crippen molar-refractivity contribution in [3.05, 3.63) is 95.6 Å². The molecule has 0 fully saturated rings. The van der Waals surface area contributed by atoms with E-state index in [9.17, 15) is 14.4 Å². The fourth-order valence-corrected chi connectivity index (χ4v) is 4.03. The van der Waals surface area contributed by atoms with E-state index in [2.05, 4.69) is 10.6 Å². The zero-order valence-electron chi connectivity index (χ0n) is 19.0. The third-order valence-corrected chi connectivity index (χ3v) is 5.96. The van der Waals surface area contributed by atoms with Crippen LogP contribution < -0.4 is 10.6 Å². The normalized spacial score (nSPS) is 10.1. The Morgan fingerprint density at radius 1 is 0.914 bits per heavy atom. The van der Waals surface area contributed by atoms with Gasteiger partial charge in [0.15, 0.2) is 6.61 Å². The lowest BCUT2D eigenvalue weighted by Crippen LogP contribution is -2.29. The lowest BCUT2D eigenvalue weighted by molar-refractivity contribution is -0.124. The topological polar surface area (TPSA) is 108 Å². The Morgan fingerprint density at radius 3 is 2.49 bits per heavy atom. The van der Waals surface area contributed by atoms with Gasteiger partial charge in [-0.1, -0.05) is 48.5 Å². The third kappa shape index (κ3) is 8.65. The highest BCUT2D eigenvalue weighted by Crippen LogP contribution is 2.23. The van der Waals surface area contributed by atoms with Crippen molar-refractivity contribution < 1.29 is 19.1 Å². The first kappa shape index (κ1) is 25.5. The van der Waals surface area contributed by atoms with Crippen LogP contribution in [0.3, 0.4) is 0 Å². The molecular formula is C27H25N3O4S. The van der Waals surface area contributed by atoms with Gasteiger partial charge < -0.3 is 15.4 Å². The lowest BCUT2D eigenvalue weighted by atomic mass is 10.1. The van der Waals surface area contributed by atoms with Gasteiger partial charge in [-0.05, 0) is 48.7 Å². The number of carbonyl (C=O) groups is 3. The van der Waals surface area contributed by atoms with Crippen molar-refractivity contribution in [2.75, 3.05) is 24.2 Å². The first-order valence-corrected chi connectivity index (χ1v) is 12.0. The number of hydrogen-bond acceptors (Lipinski definition) is 6. The SMILES string of the molecule is N#Cc1cccc(NC(=O)CSc2ccccc2C(=O)OCC(=O)NCCCc2ccccc2)c1. The Labute approximate surface area is 208 Å². The molecule has 3 aromatic carbocycles. The Bertz CT molecular complexity index is 1210. The molecule has 3 rings (SSSR count). The van der Waals surface area contributed by atoms with Crippen molar-refractivity contribution in [2.24, 2.45) is 0 Å². The highest BCUT2D eigenvalue weighted by Gasteiger charge is 2.15. The molecule has 8 heteroatoms. The second kappa shape index (κ2) is 13.6. The molecule has 0 aliphatic rings. The van der Waals surface area contributed by atoms with Crippen LogP contribution in [-0.4, -0.2) is 36.7 Å². The predicted molar refractivity (Wildman–Crippen MR) is 135 cm³/mol. The Morgan fingerprint density at radius 2 is 1.69 bits per heavy atom. The molecular weight excluding hydrogens is 462 g/mol. The number of carbonyl (C=O) groups excluding carboxylic acids is 3. The minimum Gasteiger partial charge on any atom is -0.452 e. The molecule has 0 bridgehead atoms. The molecule has 0 saturated heterocycles. The van der Waals surface area contributed by atoms with Crippen LogP contribution in [0.5, 0.6) is 0 Å². The first-order valence-electron chi connectivity index (χ1n) is 11.0. The molecule has 2 amide bonds. The average Bonchev–Trinajstić information content (AvgIpc) is 2.89. The molecule has 0 atom stereocenters. The molecule has 0 unspecified atom stereocenters. The van der Waals surface area contributed by atoms with Crippen molar-refractivity contribution in [2.45, 2.75) is 17.7 Å². The quantitative estimate of drug-likeness (QED) is 0.238. The molecule has 0 heterocycles. The number of ether oxygens (including phenoxy) is 1. The van der Waals surface area contributed by atoms with Gasteiger partial charge in [0.25, 0.3) is 5.91 Å². The van der Waals surface area contributed by atoms with E-state index < -0.39 is 5.97 Å². The molecule has 2 N–H and O–H groups in total. The van der Waals surface area contributed by atoms with Gasteiger partial charge in [-0.3, -0.25) is 9.59 Å². The number of benzene rings is 3. The van der Waals surface area contributed by atoms with Crippen molar-refractivity contribution in [1.29, 1.82) is 5.26 Å². The van der Waals surface area contributed by atoms with Crippen LogP contribution in [0, 0.1) is 11.3 Å². The van der Waals surface area contributed by atoms with Gasteiger partial charge in [0.1, 0.15) is 0 Å². The summed E-state index contributed by atoms with van der Waals surface area (Å²) in [4.78, 5) is 37.5. The Balaban J connectivity index is 1.43. The third-order valence-electron chi connectivity index (χ3n) is 4.88. The first-order chi connectivity index (χ1) is 17.0. The minimum absolute atomic E-state index is 0.0585. The number of nitriles is 1. The van der Waals surface area contributed by atoms with Crippen LogP contribution >= 0.6 is 11.8 Å². The smallest absolute Gasteiger partial charge is 0.339 e. The van der Waals surface area contributed by atoms with Crippen molar-refractivity contribution in [3.63, 3.8) is 0 Å². The predicted octanol–water partition coefficient (Wildman–Crippen LogP) is 4.19. The standard InChI is InChI=1S/C27H25N3O4S/c28-17-21-10-6-12-22(16-21)30-26(32)19-35-24-14-5-4-13-23(24)27(33)34-18-25(31)29-15-7-11-20-8-2-1-3-9-20/h1-6,8-10,12-14,16H,7,11,15,18-19H2,(H,29,31)(H,30,32). The molecule has 0 saturated carbocycles. The molecule has 0 radical (unpaired) electrons. The van der Waals surface area contributed by atoms with Gasteiger partial charge in [0.2, 0.25) is 5.91 Å². The molecule has 0 aromatic heterocycles. The van der Waals surface area contributed by atoms with Crippen LogP contribution in [0.25, 0.3) is 0 Å². The average molecular weight is 488 g/mol. The van der Waals surface area contributed by atoms with E-state index >= 15 is 0 Å². The van der Waals surface area contributed by atoms with Gasteiger partial charge in [-0.25, -0.2) is 4.79 Å². The van der Waals surface area contributed by atoms with E-state index in [1.54, 1.807) is 48.5 Å². The number of thioether (sulfide) groups is 1. The summed E-state index contributed by atoms with van der Waals surface area (Å²) in [7, 11) is 0. The molecule has 178 valence electrons. The van der Waals surface area contributed by atoms with Crippen LogP contribution in [0.1, 0.15) is 27.9 Å². The number of rotatable bonds is 11. The summed E-state index contributed by atoms with van der Waals surface area (Å²) in [6, 6.07) is 25.4. The number of esters is 1. The molecule has 35 heavy (non-hydrogen) atoms. The summed E-state index contributed by atoms with van der Waals surface area (Å²) in [5.74, 6) is -1.21. The number of amides is 2. The number of nitrogens with one attached hydrogen (secondary N) is 2. The van der Waals surface area contributed by atoms with Crippen molar-refractivity contribution >= 4 is 35.2 Å². The molecule has 0 aliphatic carbocycles. The number of aryl methyl sites for hydroxylation is 1. The maximum Gasteiger partial charge on any atom is 0.339 e. The molecule has 3 aromatic rings. The minimum atomic E-state index is -0.630. The van der Waals surface area contributed by atoms with E-state index in [1.807, 2.05) is 36.4 Å². The molecule has 0 spiro atoms. The summed E-state index contributed by atoms with van der Waals surface area (Å²) < 4.78 is 5.18. The molecule has 7 nitrogen and oxygen atoms in total. The second-order valence-corrected chi connectivity index (χ2v) is 8.56. The van der Waals surface area contributed by atoms with Gasteiger partial charge in [0.05, 0.1) is 22.9 Å². The molecule has 0 aliphatic heterocycles. The number of hydrogen-bond donors (Lipinski definition) is 2. The second-order valence-electron chi connectivity index (χ2n) is 7.54. The van der Waals surface area contributed by atoms with E-state index in [4.69, 9.17) is 10.00 Å². The monoisotopic (exact) mass is 487 g/mol. The summed E-state index contributed by atoms with van der Waals surface area (Å²) in [6.45, 7) is 0.114. The van der Waals surface area contributed by atoms with Gasteiger partial charge in [-0.15, -0.1) is 11.8 Å². The Hall–Kier alpha value is -4.09. The highest BCUT2D eigenvalue weighted by atomic mass is 32.2. The van der Waals surface area contributed by atoms with Gasteiger partial charge in [0, 0.05) is 17.1 Å². The van der Waals surface area contributed by atoms with Crippen LogP contribution in [-0.2, 0) is 20.7 Å². The van der Waals surface area contributed by atoms with E-state index in [-0.39, 0.29) is 29.7 Å². The maximum atomic E-state index is 12.5. The van der Waals surface area contributed by atoms with Crippen molar-refractivity contribution in [1.82, 2.24) is 5.32 Å². The number of anilines is 1. The zero-order chi connectivity index (χ0) is 24.9. The fourth-order valence-electron chi connectivity index (χ4n) is 3.19. The zero-order valence-corrected chi connectivity index (χ0v) is 19.8. The maximum absolute atomic E-state index is 12.5. The van der Waals surface area contributed by atoms with Crippen LogP contribution in [0.15, 0.2) is 83.8 Å². The number of nitrogens with zero attached hydrogens (tertiary/aromatic N) is 1. The summed E-state index contributed by atoms with van der Waals surface area (Å²) in [6.07, 6.45) is 1.63. The van der Waals surface area contributed by atoms with E-state index in [0.29, 0.717) is 22.7 Å². The van der Waals surface area contributed by atoms with E-state index in [1.165, 1.54) is 17.3 Å². The van der Waals surface area contributed by atoms with E-state index in [0.717, 1.165) is 12.8 Å². The lowest BCUT2D eigenvalue weighted by Gasteiger charge is -2.10. The van der Waals surface area contributed by atoms with Crippen molar-refractivity contribution in [3.8, 4) is 6.07 Å². The highest BCUT2D eigenvalue weighted by molar-refractivity contribution is 8.00. The van der Waals surface area contributed by atoms with Gasteiger partial charge >= 0.3 is 5.97 Å². The summed E-state index contributed by atoms with van der Waals surface area (Å²) in [5.41, 5.74) is 2.46. The summed E-state index contributed by atoms with van der Waals surface area (Å²) in [5, 5.41) is 14.5. The van der Waals surface area contributed by atoms with Crippen LogP contribution in [0.2, 0.25) is 0 Å². The largest absolute Gasteiger partial charge is 0.452 e. The summed E-state index contributed by atoms with van der Waals surface area (Å²) >= 11 is 1.18.